The summed E-state index contributed by atoms with van der Waals surface area (Å²) in [5.41, 5.74) is 44.2. The molecule has 1 aliphatic rings. The van der Waals surface area contributed by atoms with Crippen LogP contribution in [0.15, 0.2) is 91.5 Å². The van der Waals surface area contributed by atoms with Crippen molar-refractivity contribution >= 4 is 54.6 Å². The maximum atomic E-state index is 10.9. The molecule has 0 saturated carbocycles. The van der Waals surface area contributed by atoms with Crippen molar-refractivity contribution in [2.45, 2.75) is 305 Å². The summed E-state index contributed by atoms with van der Waals surface area (Å²) in [7, 11) is 1.98. The third kappa shape index (κ3) is 195. The highest BCUT2D eigenvalue weighted by Crippen LogP contribution is 2.03. The van der Waals surface area contributed by atoms with Crippen LogP contribution in [0.5, 0.6) is 0 Å². The van der Waals surface area contributed by atoms with Crippen LogP contribution < -0.4 is 72.5 Å². The number of nitrogen functional groups attached to an aromatic ring is 1. The number of nitrogens with zero attached hydrogens (tertiary/aromatic N) is 2. The lowest BCUT2D eigenvalue weighted by molar-refractivity contribution is -0.162. The van der Waals surface area contributed by atoms with Gasteiger partial charge < -0.3 is 116 Å². The van der Waals surface area contributed by atoms with Crippen molar-refractivity contribution in [1.29, 1.82) is 0 Å². The van der Waals surface area contributed by atoms with Crippen LogP contribution in [0.25, 0.3) is 0 Å². The number of nitrogens with one attached hydrogen (secondary N) is 5. The monoisotopic (exact) mass is 1780 g/mol. The van der Waals surface area contributed by atoms with E-state index in [9.17, 15) is 29.1 Å². The molecule has 0 saturated heterocycles. The standard InChI is InChI=1S/C10H18O4.C9H16O4.C8H21N3.C8H14O2.C7H14N2.C7H9N.C7H12O2.C6H16N2.C5H12N2O.2C5H13N.2C4H11N.C3H9N.C3H8S.C3H6/c1-4-5-6-13-9(11)7-14-10(12)8(2)3;1-3-5-6-12-9(11)7-13-8(10)4-2;1-2-3-5-10-7-8-11-6-4-9;1-4-5-6-10-8(9)7(2)3;1-2-3-5-9-6-4-8-7-9;1-6-2-4-7(8)5-3-6;1-3-5-6-9-7(8)4-2;1-2-3-5-8-6-4-7;1-2-3-4-7-5(6)8;1-3-5(2)4-6;1-3-4-5-6-2;2*1-2-3-4-5;2*1-2-3-4;1-3-2/h9,11H,2,4-7H2,1,3H3;4,9,11H,2-3,5-7H2,1H3;10-11H,2-9H2,1H3;2,4-6H2,1,3H3;7H,2-6H2,1H3;2-5H,8H2,1H3;4H,2-3,5-6H2,1H3;8H,2-7H2,1H3;2-4H2,1H3,(H3,6,7,8);5H,3-4,6H2,1-2H3;6H,3-5H2,1-2H3;2*2-5H2,1H3;2-4H2,1H3;4H,2-3H2,1H3;3H,1H2,2H3. The number of unbranched alkanes of at least 4 members (excludes halogenated alkanes) is 11. The SMILES string of the molecule is C=C(C)C(=O)OCC(O)OCCCC.C=C(C)C(=O)OCCCC.C=CC.C=CC(=O)OCC(O)OCCCC.C=CC(=O)OCCCC.CCC(C)CN.CCCCN.CCCCN.CCCCN1C=NCC1.CCCCNC.CCCCNC(N)=O.CCCCNCCN.CCCCNCCNCCN.CCCN.CCCS.Cc1ccc(N)cc1. The van der Waals surface area contributed by atoms with E-state index in [-0.39, 0.29) is 25.2 Å². The van der Waals surface area contributed by atoms with Crippen molar-refractivity contribution in [2.24, 2.45) is 51.0 Å². The van der Waals surface area contributed by atoms with Gasteiger partial charge in [-0.2, -0.15) is 12.6 Å². The number of esters is 4. The normalized spacial score (nSPS) is 10.4. The minimum Gasteiger partial charge on any atom is -0.463 e. The first-order valence-electron chi connectivity index (χ1n) is 46.0. The Morgan fingerprint density at radius 3 is 1.15 bits per heavy atom. The highest BCUT2D eigenvalue weighted by molar-refractivity contribution is 7.80. The van der Waals surface area contributed by atoms with Gasteiger partial charge in [-0.1, -0.05) is 231 Å². The lowest BCUT2D eigenvalue weighted by Gasteiger charge is -2.11. The lowest BCUT2D eigenvalue weighted by atomic mass is 10.1. The molecule has 0 fully saturated rings. The number of nitrogens with two attached hydrogens (primary N) is 8. The Balaban J connectivity index is -0.0000000870. The number of primary amides is 1. The van der Waals surface area contributed by atoms with E-state index in [0.29, 0.717) is 50.0 Å². The molecule has 28 nitrogen and oxygen atoms in total. The zero-order valence-electron chi connectivity index (χ0n) is 82.9. The topological polar surface area (TPSA) is 465 Å². The molecule has 123 heavy (non-hydrogen) atoms. The highest BCUT2D eigenvalue weighted by atomic mass is 32.1. The van der Waals surface area contributed by atoms with Gasteiger partial charge in [0.2, 0.25) is 0 Å². The summed E-state index contributed by atoms with van der Waals surface area (Å²) < 4.78 is 28.6. The number of benzene rings is 1. The number of carbonyl (C=O) groups is 5. The number of carbonyl (C=O) groups excluding carboxylic acids is 5. The fraction of sp³-hybridized carbons (Fsp3) is 0.766. The number of hydrogen-bond acceptors (Lipinski definition) is 27. The highest BCUT2D eigenvalue weighted by Gasteiger charge is 2.10. The van der Waals surface area contributed by atoms with Crippen LogP contribution in [-0.4, -0.2) is 228 Å². The minimum atomic E-state index is -1.04. The number of hydrogen-bond donors (Lipinski definition) is 16. The van der Waals surface area contributed by atoms with Gasteiger partial charge >= 0.3 is 29.9 Å². The van der Waals surface area contributed by atoms with Crippen molar-refractivity contribution in [1.82, 2.24) is 31.5 Å². The second-order valence-corrected chi connectivity index (χ2v) is 27.9. The number of rotatable bonds is 52. The summed E-state index contributed by atoms with van der Waals surface area (Å²) in [5, 5.41) is 33.6. The van der Waals surface area contributed by atoms with E-state index < -0.39 is 30.5 Å². The van der Waals surface area contributed by atoms with Crippen LogP contribution in [0.1, 0.15) is 291 Å². The van der Waals surface area contributed by atoms with Crippen molar-refractivity contribution in [3.05, 3.63) is 92.1 Å². The van der Waals surface area contributed by atoms with Gasteiger partial charge in [0.15, 0.2) is 12.6 Å². The summed E-state index contributed by atoms with van der Waals surface area (Å²) in [6.07, 6.45) is 32.2. The molecule has 2 amide bonds. The lowest BCUT2D eigenvalue weighted by Crippen LogP contribution is -2.31. The largest absolute Gasteiger partial charge is 0.463 e. The number of anilines is 1. The second-order valence-electron chi connectivity index (χ2n) is 27.5. The number of aliphatic hydroxyl groups is 2. The number of urea groups is 1. The van der Waals surface area contributed by atoms with E-state index >= 15 is 0 Å². The van der Waals surface area contributed by atoms with Gasteiger partial charge in [0, 0.05) is 101 Å². The number of amides is 2. The minimum absolute atomic E-state index is 0.143. The average Bonchev–Trinajstić information content (AvgIpc) is 1.58. The molecule has 29 heteroatoms. The summed E-state index contributed by atoms with van der Waals surface area (Å²) in [5.74, 6) is 0.0446. The van der Waals surface area contributed by atoms with Crippen molar-refractivity contribution in [3.63, 3.8) is 0 Å². The van der Waals surface area contributed by atoms with E-state index in [2.05, 4.69) is 179 Å². The average molecular weight is 1780 g/mol. The molecule has 2 rings (SSSR count). The van der Waals surface area contributed by atoms with Gasteiger partial charge in [-0.05, 0) is 188 Å². The van der Waals surface area contributed by atoms with Crippen molar-refractivity contribution in [2.75, 3.05) is 169 Å². The Bertz CT molecular complexity index is 2160. The maximum absolute atomic E-state index is 10.9. The zero-order valence-corrected chi connectivity index (χ0v) is 83.8. The van der Waals surface area contributed by atoms with Gasteiger partial charge in [-0.3, -0.25) is 4.99 Å². The number of aliphatic hydroxyl groups excluding tert-OH is 2. The summed E-state index contributed by atoms with van der Waals surface area (Å²) >= 11 is 3.92. The zero-order chi connectivity index (χ0) is 97.3. The van der Waals surface area contributed by atoms with E-state index in [1.165, 1.54) is 108 Å². The van der Waals surface area contributed by atoms with Gasteiger partial charge in [-0.25, -0.2) is 24.0 Å². The summed E-state index contributed by atoms with van der Waals surface area (Å²) in [6.45, 7) is 73.5. The molecule has 23 N–H and O–H groups in total. The molecular formula is C94H203N15O13S. The first-order chi connectivity index (χ1) is 58.9. The Morgan fingerprint density at radius 2 is 0.862 bits per heavy atom. The molecule has 1 aliphatic heterocycles. The molecule has 0 aromatic heterocycles. The second kappa shape index (κ2) is 148. The first kappa shape index (κ1) is 149. The Labute approximate surface area is 762 Å². The van der Waals surface area contributed by atoms with Crippen LogP contribution in [0.4, 0.5) is 10.5 Å². The molecule has 0 spiro atoms. The van der Waals surface area contributed by atoms with Crippen molar-refractivity contribution < 1.29 is 62.6 Å². The number of aryl methyl sites for hydroxylation is 1. The van der Waals surface area contributed by atoms with Crippen LogP contribution in [0.2, 0.25) is 0 Å². The number of thiol groups is 1. The van der Waals surface area contributed by atoms with Gasteiger partial charge in [0.05, 0.1) is 26.1 Å². The number of aliphatic imine (C=N–C) groups is 1. The quantitative estimate of drug-likeness (QED) is 0.00421. The van der Waals surface area contributed by atoms with Crippen LogP contribution >= 0.6 is 12.6 Å². The van der Waals surface area contributed by atoms with E-state index in [1.807, 2.05) is 72.3 Å². The Hall–Kier alpha value is -5.87. The van der Waals surface area contributed by atoms with E-state index in [4.69, 9.17) is 65.2 Å². The van der Waals surface area contributed by atoms with E-state index in [0.717, 1.165) is 186 Å². The fourth-order valence-electron chi connectivity index (χ4n) is 6.31. The van der Waals surface area contributed by atoms with Crippen LogP contribution in [0.3, 0.4) is 0 Å². The molecular weight excluding hydrogens is 1580 g/mol. The molecule has 3 atom stereocenters. The third-order valence-electron chi connectivity index (χ3n) is 14.4. The molecule has 1 heterocycles. The number of allylic oxidation sites excluding steroid dienone is 1. The summed E-state index contributed by atoms with van der Waals surface area (Å²) in [6, 6.07) is 7.36. The summed E-state index contributed by atoms with van der Waals surface area (Å²) in [4.78, 5) is 58.9. The molecule has 0 bridgehead atoms. The van der Waals surface area contributed by atoms with Gasteiger partial charge in [0.1, 0.15) is 13.2 Å². The smallest absolute Gasteiger partial charge is 0.333 e. The molecule has 3 unspecified atom stereocenters. The van der Waals surface area contributed by atoms with E-state index in [1.54, 1.807) is 19.9 Å². The van der Waals surface area contributed by atoms with Gasteiger partial charge in [0.25, 0.3) is 0 Å². The predicted molar refractivity (Wildman–Crippen MR) is 536 cm³/mol. The maximum Gasteiger partial charge on any atom is 0.333 e. The molecule has 1 aromatic carbocycles. The molecule has 0 aliphatic carbocycles. The van der Waals surface area contributed by atoms with Gasteiger partial charge in [-0.15, -0.1) is 6.58 Å². The van der Waals surface area contributed by atoms with Crippen molar-refractivity contribution in [3.8, 4) is 0 Å². The Morgan fingerprint density at radius 1 is 0.504 bits per heavy atom. The van der Waals surface area contributed by atoms with Crippen LogP contribution in [-0.2, 0) is 47.6 Å². The Kier molecular flexibility index (Phi) is 178. The molecule has 0 radical (unpaired) electrons. The predicted octanol–water partition coefficient (Wildman–Crippen LogP) is 15.3. The third-order valence-corrected chi connectivity index (χ3v) is 14.8. The first-order valence-corrected chi connectivity index (χ1v) is 46.6. The van der Waals surface area contributed by atoms with Crippen LogP contribution in [0, 0.1) is 12.8 Å². The molecule has 1 aromatic rings. The fourth-order valence-corrected chi connectivity index (χ4v) is 6.31. The molecule has 738 valence electrons. The number of ether oxygens (including phenoxy) is 6.